The number of ketones is 2. The predicted octanol–water partition coefficient (Wildman–Crippen LogP) is 12.1. The largest absolute Gasteiger partial charge is 0.382 e. The van der Waals surface area contributed by atoms with Crippen LogP contribution >= 0.6 is 78.1 Å². The number of nitrogens with one attached hydrogen (secondary N) is 2. The van der Waals surface area contributed by atoms with E-state index in [2.05, 4.69) is 142 Å². The van der Waals surface area contributed by atoms with Gasteiger partial charge in [-0.05, 0) is 181 Å². The summed E-state index contributed by atoms with van der Waals surface area (Å²) in [5, 5.41) is 8.34. The van der Waals surface area contributed by atoms with Gasteiger partial charge in [-0.2, -0.15) is 14.9 Å². The summed E-state index contributed by atoms with van der Waals surface area (Å²) in [5.74, 6) is 1.22. The van der Waals surface area contributed by atoms with E-state index >= 15 is 0 Å². The molecule has 14 nitrogen and oxygen atoms in total. The number of aromatic nitrogens is 1. The second-order valence-electron chi connectivity index (χ2n) is 20.1. The summed E-state index contributed by atoms with van der Waals surface area (Å²) in [6, 6.07) is 33.8. The topological polar surface area (TPSA) is 155 Å². The molecule has 5 heterocycles. The first-order chi connectivity index (χ1) is 36.8. The molecule has 6 N–H and O–H groups in total. The fourth-order valence-electron chi connectivity index (χ4n) is 9.80. The first-order valence-electron chi connectivity index (χ1n) is 27.1. The van der Waals surface area contributed by atoms with Gasteiger partial charge in [-0.25, -0.2) is 4.98 Å². The Balaban J connectivity index is 0.000000231. The zero-order chi connectivity index (χ0) is 54.0. The van der Waals surface area contributed by atoms with Crippen LogP contribution in [0.15, 0.2) is 102 Å². The van der Waals surface area contributed by atoms with Crippen LogP contribution in [0.5, 0.6) is 0 Å². The highest BCUT2D eigenvalue weighted by Crippen LogP contribution is 2.32. The maximum atomic E-state index is 13.1. The van der Waals surface area contributed by atoms with Crippen LogP contribution in [0.1, 0.15) is 98.7 Å². The lowest BCUT2D eigenvalue weighted by Crippen LogP contribution is -2.48. The Labute approximate surface area is 500 Å². The molecule has 9 rings (SSSR count). The summed E-state index contributed by atoms with van der Waals surface area (Å²) in [6.45, 7) is 24.1. The normalized spacial score (nSPS) is 16.2. The number of anilines is 8. The van der Waals surface area contributed by atoms with Gasteiger partial charge >= 0.3 is 0 Å². The molecule has 4 fully saturated rings. The van der Waals surface area contributed by atoms with E-state index in [1.165, 1.54) is 84.4 Å². The quantitative estimate of drug-likeness (QED) is 0.0208. The lowest BCUT2D eigenvalue weighted by Gasteiger charge is -2.38. The van der Waals surface area contributed by atoms with Crippen LogP contribution in [0.2, 0.25) is 0 Å². The lowest BCUT2D eigenvalue weighted by molar-refractivity contribution is 0.102. The molecule has 20 heteroatoms. The summed E-state index contributed by atoms with van der Waals surface area (Å²) < 4.78 is 0. The number of nitrogen functional groups attached to an aromatic ring is 1. The molecule has 1 unspecified atom stereocenters. The molecule has 1 aromatic heterocycles. The molecule has 0 radical (unpaired) electrons. The number of piperazine rings is 2. The summed E-state index contributed by atoms with van der Waals surface area (Å²) >= 11 is 11.2. The number of thiazole rings is 1. The van der Waals surface area contributed by atoms with Crippen LogP contribution in [-0.4, -0.2) is 138 Å². The van der Waals surface area contributed by atoms with Crippen molar-refractivity contribution < 1.29 is 9.59 Å². The summed E-state index contributed by atoms with van der Waals surface area (Å²) in [7, 11) is 0. The Morgan fingerprint density at radius 3 is 1.45 bits per heavy atom. The third-order valence-corrected chi connectivity index (χ3v) is 16.7. The third kappa shape index (κ3) is 19.2. The smallest absolute Gasteiger partial charge is 0.206 e. The highest BCUT2D eigenvalue weighted by molar-refractivity contribution is 9.09. The number of Topliss-reactive ketones (excluding diaryl/α,β-unsaturated/α-hetero) is 1. The molecule has 4 aliphatic heterocycles. The molecule has 4 saturated heterocycles. The average Bonchev–Trinajstić information content (AvgIpc) is 3.82. The molecule has 0 aliphatic carbocycles. The Hall–Kier alpha value is -4.33. The number of piperidine rings is 2. The Bertz CT molecular complexity index is 2630. The van der Waals surface area contributed by atoms with Gasteiger partial charge in [0.1, 0.15) is 10.7 Å². The number of nitrogens with two attached hydrogens (primary N) is 2. The van der Waals surface area contributed by atoms with Gasteiger partial charge in [0.2, 0.25) is 5.78 Å². The second-order valence-corrected chi connectivity index (χ2v) is 23.3. The van der Waals surface area contributed by atoms with E-state index in [1.54, 1.807) is 0 Å². The maximum Gasteiger partial charge on any atom is 0.206 e. The highest BCUT2D eigenvalue weighted by atomic mass is 79.9. The molecule has 78 heavy (non-hydrogen) atoms. The monoisotopic (exact) mass is 1260 g/mol. The number of aliphatic imine (C=N–C) groups is 1. The molecule has 0 spiro atoms. The second kappa shape index (κ2) is 32.8. The van der Waals surface area contributed by atoms with Crippen LogP contribution in [-0.2, 0) is 0 Å². The fourth-order valence-corrected chi connectivity index (χ4v) is 11.7. The number of thioether (sulfide) groups is 1. The van der Waals surface area contributed by atoms with Gasteiger partial charge in [0, 0.05) is 136 Å². The number of carbonyl (C=O) groups is 2. The van der Waals surface area contributed by atoms with Gasteiger partial charge in [0.15, 0.2) is 21.2 Å². The van der Waals surface area contributed by atoms with Gasteiger partial charge in [-0.1, -0.05) is 46.0 Å². The summed E-state index contributed by atoms with van der Waals surface area (Å²) in [4.78, 5) is 48.3. The molecule has 0 amide bonds. The maximum absolute atomic E-state index is 13.1. The van der Waals surface area contributed by atoms with Gasteiger partial charge in [0.05, 0.1) is 5.33 Å². The Morgan fingerprint density at radius 1 is 0.641 bits per heavy atom. The van der Waals surface area contributed by atoms with E-state index < -0.39 is 0 Å². The molecule has 1 atom stereocenters. The highest BCUT2D eigenvalue weighted by Gasteiger charge is 2.22. The lowest BCUT2D eigenvalue weighted by atomic mass is 10.1. The molecule has 4 aliphatic rings. The predicted molar refractivity (Wildman–Crippen MR) is 355 cm³/mol. The number of hydrogen-bond donors (Lipinski definition) is 4. The minimum atomic E-state index is -0.0841. The first kappa shape index (κ1) is 64.5. The van der Waals surface area contributed by atoms with E-state index in [0.717, 1.165) is 101 Å². The van der Waals surface area contributed by atoms with Crippen molar-refractivity contribution in [2.45, 2.75) is 85.2 Å². The third-order valence-electron chi connectivity index (χ3n) is 14.3. The summed E-state index contributed by atoms with van der Waals surface area (Å²) in [5.41, 5.74) is 20.1. The van der Waals surface area contributed by atoms with Crippen molar-refractivity contribution in [1.82, 2.24) is 14.8 Å². The number of alkyl halides is 1. The zero-order valence-corrected chi connectivity index (χ0v) is 53.5. The van der Waals surface area contributed by atoms with Crippen molar-refractivity contribution >= 4 is 145 Å². The number of thiocarbonyl (C=S) groups is 1. The first-order valence-corrected chi connectivity index (χ1v) is 30.4. The van der Waals surface area contributed by atoms with Gasteiger partial charge in [0.25, 0.3) is 0 Å². The molecular formula is C58H83Br2N12O2PS3. The SMILES string of the molecule is Br.CC(C)N1CCN(c2ccc(Nc3nc(N)c(C(=O)c4ccc(N5CCCCC5)cc4)s3)cc2)CC1.CCSC(N)=NC(=S)Nc1ccc(N2CCN(C(C)C)CC2)cc1.O=C(CBr)c1ccc(N2CCCCC2)cc1.P. The average molecular weight is 1270 g/mol. The fraction of sp³-hybridized carbons (Fsp3) is 0.466. The number of amidine groups is 1. The standard InChI is InChI=1S/C28H36N6OS.C17H27N5S2.C13H16BrNO.BrH.H3P/c1-20(2)32-16-18-34(19-17-32)24-12-8-22(9-13-24)30-28-31-27(29)26(36-28)25(35)21-6-10-23(11-7-21)33-14-4-3-5-15-33;1-4-24-16(18)20-17(23)19-14-5-7-15(8-6-14)22-11-9-21(10-12-22)13(2)3;14-10-13(16)11-4-6-12(7-5-11)15-8-2-1-3-9-15;;/h6-13,20H,3-5,14-19,29H2,1-2H3,(H,30,31);5-8,13H,4,9-12H2,1-3H3,(H3,18,19,20,23);4-7H,1-3,8-10H2;1H;1H3. The van der Waals surface area contributed by atoms with Crippen LogP contribution in [0.4, 0.5) is 45.1 Å². The van der Waals surface area contributed by atoms with E-state index in [0.29, 0.717) is 43.3 Å². The molecule has 0 bridgehead atoms. The molecule has 0 saturated carbocycles. The van der Waals surface area contributed by atoms with E-state index in [4.69, 9.17) is 23.7 Å². The number of nitrogens with zero attached hydrogens (tertiary/aromatic N) is 8. The van der Waals surface area contributed by atoms with Crippen LogP contribution in [0, 0.1) is 0 Å². The molecular weight excluding hydrogens is 1180 g/mol. The van der Waals surface area contributed by atoms with Crippen molar-refractivity contribution in [1.29, 1.82) is 0 Å². The molecule has 424 valence electrons. The Morgan fingerprint density at radius 2 is 1.04 bits per heavy atom. The zero-order valence-electron chi connectivity index (χ0n) is 46.3. The van der Waals surface area contributed by atoms with Crippen molar-refractivity contribution in [2.75, 3.05) is 126 Å². The minimum Gasteiger partial charge on any atom is -0.382 e. The number of benzene rings is 4. The minimum absolute atomic E-state index is 0. The van der Waals surface area contributed by atoms with Crippen molar-refractivity contribution in [3.63, 3.8) is 0 Å². The Kier molecular flexibility index (Phi) is 27.1. The van der Waals surface area contributed by atoms with Gasteiger partial charge in [-0.3, -0.25) is 19.4 Å². The van der Waals surface area contributed by atoms with Crippen LogP contribution in [0.25, 0.3) is 0 Å². The van der Waals surface area contributed by atoms with Crippen molar-refractivity contribution in [2.24, 2.45) is 10.7 Å². The van der Waals surface area contributed by atoms with Crippen LogP contribution < -0.4 is 41.7 Å². The number of rotatable bonds is 14. The van der Waals surface area contributed by atoms with Gasteiger partial charge < -0.3 is 41.7 Å². The van der Waals surface area contributed by atoms with Gasteiger partial charge in [-0.15, -0.1) is 17.0 Å². The molecule has 5 aromatic rings. The van der Waals surface area contributed by atoms with Crippen molar-refractivity contribution in [3.05, 3.63) is 113 Å². The molecule has 4 aromatic carbocycles. The van der Waals surface area contributed by atoms with E-state index in [9.17, 15) is 9.59 Å². The summed E-state index contributed by atoms with van der Waals surface area (Å²) in [6.07, 6.45) is 7.66. The number of carbonyl (C=O) groups excluding carboxylic acids is 2. The van der Waals surface area contributed by atoms with Crippen LogP contribution in [0.3, 0.4) is 0 Å². The van der Waals surface area contributed by atoms with E-state index in [1.807, 2.05) is 55.5 Å². The number of halogens is 2. The number of hydrogen-bond acceptors (Lipinski definition) is 14. The van der Waals surface area contributed by atoms with Crippen molar-refractivity contribution in [3.8, 4) is 0 Å². The van der Waals surface area contributed by atoms with E-state index in [-0.39, 0.29) is 44.3 Å².